The van der Waals surface area contributed by atoms with Crippen LogP contribution < -0.4 is 19.7 Å². The van der Waals surface area contributed by atoms with Crippen LogP contribution in [-0.4, -0.2) is 39.2 Å². The summed E-state index contributed by atoms with van der Waals surface area (Å²) in [5.41, 5.74) is 1.55. The van der Waals surface area contributed by atoms with Crippen LogP contribution in [0.4, 0.5) is 24.5 Å². The predicted molar refractivity (Wildman–Crippen MR) is 123 cm³/mol. The third kappa shape index (κ3) is 6.95. The number of anilines is 2. The van der Waals surface area contributed by atoms with E-state index in [4.69, 9.17) is 0 Å². The fraction of sp³-hybridized carbons (Fsp3) is 0.391. The van der Waals surface area contributed by atoms with Crippen molar-refractivity contribution in [2.75, 3.05) is 16.8 Å². The van der Waals surface area contributed by atoms with Crippen LogP contribution in [-0.2, 0) is 26.0 Å². The zero-order chi connectivity index (χ0) is 26.0. The molecule has 2 amide bonds. The van der Waals surface area contributed by atoms with E-state index in [9.17, 15) is 31.2 Å². The van der Waals surface area contributed by atoms with Crippen molar-refractivity contribution >= 4 is 33.2 Å². The van der Waals surface area contributed by atoms with Gasteiger partial charge in [0, 0.05) is 24.8 Å². The molecule has 0 aliphatic carbocycles. The van der Waals surface area contributed by atoms with Crippen LogP contribution in [0.5, 0.6) is 5.75 Å². The Kier molecular flexibility index (Phi) is 7.75. The van der Waals surface area contributed by atoms with Gasteiger partial charge in [-0.1, -0.05) is 13.8 Å². The molecule has 0 radical (unpaired) electrons. The summed E-state index contributed by atoms with van der Waals surface area (Å²) in [4.78, 5) is 26.2. The lowest BCUT2D eigenvalue weighted by atomic mass is 10.0. The third-order valence-electron chi connectivity index (χ3n) is 5.31. The van der Waals surface area contributed by atoms with Crippen molar-refractivity contribution in [3.63, 3.8) is 0 Å². The van der Waals surface area contributed by atoms with E-state index in [1.165, 1.54) is 31.2 Å². The highest BCUT2D eigenvalue weighted by Crippen LogP contribution is 2.30. The first-order valence-electron chi connectivity index (χ1n) is 10.8. The van der Waals surface area contributed by atoms with Gasteiger partial charge in [-0.25, -0.2) is 8.42 Å². The molecular formula is C23H26F3N3O5S. The summed E-state index contributed by atoms with van der Waals surface area (Å²) in [5, 5.41) is 2.52. The molecule has 0 saturated heterocycles. The van der Waals surface area contributed by atoms with E-state index >= 15 is 0 Å². The van der Waals surface area contributed by atoms with Gasteiger partial charge < -0.3 is 15.0 Å². The summed E-state index contributed by atoms with van der Waals surface area (Å²) in [6, 6.07) is 7.84. The number of nitrogens with zero attached hydrogens (tertiary/aromatic N) is 1. The molecule has 1 atom stereocenters. The molecule has 8 nitrogen and oxygen atoms in total. The highest BCUT2D eigenvalue weighted by molar-refractivity contribution is 7.89. The zero-order valence-electron chi connectivity index (χ0n) is 19.3. The van der Waals surface area contributed by atoms with Crippen LogP contribution in [0.2, 0.25) is 0 Å². The Hall–Kier alpha value is -3.12. The average Bonchev–Trinajstić information content (AvgIpc) is 3.17. The van der Waals surface area contributed by atoms with Gasteiger partial charge in [-0.05, 0) is 66.8 Å². The maximum atomic E-state index is 13.1. The van der Waals surface area contributed by atoms with Crippen molar-refractivity contribution in [1.82, 2.24) is 4.72 Å². The summed E-state index contributed by atoms with van der Waals surface area (Å²) in [6.07, 6.45) is -4.14. The standard InChI is InChI=1S/C23H26F3N3O5S/c1-14(2)12-20(22(31)27-17-4-6-18(7-5-17)34-23(24,25)26)28-35(32,33)19-8-9-21-16(13-19)10-11-29(21)15(3)30/h4-9,13-14,20,28H,10-12H2,1-3H3,(H,27,31)/t20-/m0/s1. The number of halogens is 3. The van der Waals surface area contributed by atoms with Crippen LogP contribution in [0.1, 0.15) is 32.8 Å². The molecule has 0 bridgehead atoms. The van der Waals surface area contributed by atoms with Gasteiger partial charge in [0.25, 0.3) is 0 Å². The third-order valence-corrected chi connectivity index (χ3v) is 6.78. The molecule has 0 unspecified atom stereocenters. The van der Waals surface area contributed by atoms with Crippen LogP contribution in [0.3, 0.4) is 0 Å². The van der Waals surface area contributed by atoms with E-state index in [1.54, 1.807) is 11.0 Å². The predicted octanol–water partition coefficient (Wildman–Crippen LogP) is 3.83. The zero-order valence-corrected chi connectivity index (χ0v) is 20.2. The largest absolute Gasteiger partial charge is 0.573 e. The number of ether oxygens (including phenoxy) is 1. The van der Waals surface area contributed by atoms with Crippen molar-refractivity contribution in [2.24, 2.45) is 5.92 Å². The molecule has 2 aromatic carbocycles. The molecule has 0 saturated carbocycles. The van der Waals surface area contributed by atoms with E-state index < -0.39 is 34.1 Å². The number of fused-ring (bicyclic) bond motifs is 1. The first kappa shape index (κ1) is 26.5. The van der Waals surface area contributed by atoms with Gasteiger partial charge >= 0.3 is 6.36 Å². The molecule has 1 aliphatic heterocycles. The molecule has 35 heavy (non-hydrogen) atoms. The molecule has 0 fully saturated rings. The lowest BCUT2D eigenvalue weighted by Crippen LogP contribution is -2.44. The fourth-order valence-electron chi connectivity index (χ4n) is 3.78. The molecule has 190 valence electrons. The Morgan fingerprint density at radius 1 is 1.11 bits per heavy atom. The van der Waals surface area contributed by atoms with Crippen molar-refractivity contribution in [1.29, 1.82) is 0 Å². The summed E-state index contributed by atoms with van der Waals surface area (Å²) in [5.74, 6) is -1.28. The second-order valence-electron chi connectivity index (χ2n) is 8.58. The van der Waals surface area contributed by atoms with Crippen LogP contribution in [0.25, 0.3) is 0 Å². The number of carbonyl (C=O) groups is 2. The Morgan fingerprint density at radius 3 is 2.34 bits per heavy atom. The fourth-order valence-corrected chi connectivity index (χ4v) is 5.04. The number of sulfonamides is 1. The minimum atomic E-state index is -4.84. The Labute approximate surface area is 201 Å². The number of carbonyl (C=O) groups excluding carboxylic acids is 2. The van der Waals surface area contributed by atoms with Gasteiger partial charge in [-0.2, -0.15) is 4.72 Å². The second-order valence-corrected chi connectivity index (χ2v) is 10.3. The van der Waals surface area contributed by atoms with Crippen LogP contribution in [0.15, 0.2) is 47.4 Å². The lowest BCUT2D eigenvalue weighted by Gasteiger charge is -2.21. The molecule has 12 heteroatoms. The Morgan fingerprint density at radius 2 is 1.77 bits per heavy atom. The summed E-state index contributed by atoms with van der Waals surface area (Å²) in [7, 11) is -4.09. The Bertz CT molecular complexity index is 1200. The van der Waals surface area contributed by atoms with Gasteiger partial charge in [-0.15, -0.1) is 13.2 Å². The minimum absolute atomic E-state index is 0.0307. The van der Waals surface area contributed by atoms with E-state index in [1.807, 2.05) is 13.8 Å². The normalized spacial score (nSPS) is 14.5. The van der Waals surface area contributed by atoms with E-state index in [-0.39, 0.29) is 28.8 Å². The van der Waals surface area contributed by atoms with Crippen LogP contribution >= 0.6 is 0 Å². The van der Waals surface area contributed by atoms with Crippen LogP contribution in [0, 0.1) is 5.92 Å². The Balaban J connectivity index is 1.76. The lowest BCUT2D eigenvalue weighted by molar-refractivity contribution is -0.274. The monoisotopic (exact) mass is 513 g/mol. The molecule has 3 rings (SSSR count). The van der Waals surface area contributed by atoms with E-state index in [0.717, 1.165) is 12.1 Å². The number of benzene rings is 2. The summed E-state index contributed by atoms with van der Waals surface area (Å²) < 4.78 is 69.4. The highest BCUT2D eigenvalue weighted by atomic mass is 32.2. The van der Waals surface area contributed by atoms with Gasteiger partial charge in [0.1, 0.15) is 11.8 Å². The number of hydrogen-bond donors (Lipinski definition) is 2. The first-order chi connectivity index (χ1) is 16.2. The molecule has 2 aromatic rings. The molecule has 2 N–H and O–H groups in total. The highest BCUT2D eigenvalue weighted by Gasteiger charge is 2.31. The SMILES string of the molecule is CC(=O)N1CCc2cc(S(=O)(=O)N[C@@H](CC(C)C)C(=O)Nc3ccc(OC(F)(F)F)cc3)ccc21. The topological polar surface area (TPSA) is 105 Å². The van der Waals surface area contributed by atoms with Crippen molar-refractivity contribution in [2.45, 2.75) is 50.9 Å². The number of hydrogen-bond acceptors (Lipinski definition) is 5. The van der Waals surface area contributed by atoms with Crippen molar-refractivity contribution < 1.29 is 35.9 Å². The summed E-state index contributed by atoms with van der Waals surface area (Å²) in [6.45, 7) is 5.55. The van der Waals surface area contributed by atoms with Crippen molar-refractivity contribution in [3.05, 3.63) is 48.0 Å². The minimum Gasteiger partial charge on any atom is -0.406 e. The molecule has 0 spiro atoms. The van der Waals surface area contributed by atoms with Crippen molar-refractivity contribution in [3.8, 4) is 5.75 Å². The quantitative estimate of drug-likeness (QED) is 0.558. The van der Waals surface area contributed by atoms with Gasteiger partial charge in [0.15, 0.2) is 0 Å². The molecular weight excluding hydrogens is 487 g/mol. The molecule has 1 heterocycles. The first-order valence-corrected chi connectivity index (χ1v) is 12.3. The smallest absolute Gasteiger partial charge is 0.406 e. The maximum absolute atomic E-state index is 13.1. The van der Waals surface area contributed by atoms with Gasteiger partial charge in [0.2, 0.25) is 21.8 Å². The van der Waals surface area contributed by atoms with E-state index in [2.05, 4.69) is 14.8 Å². The van der Waals surface area contributed by atoms with E-state index in [0.29, 0.717) is 24.2 Å². The number of nitrogens with one attached hydrogen (secondary N) is 2. The number of alkyl halides is 3. The number of amides is 2. The number of rotatable bonds is 8. The van der Waals surface area contributed by atoms with Gasteiger partial charge in [-0.3, -0.25) is 9.59 Å². The average molecular weight is 514 g/mol. The maximum Gasteiger partial charge on any atom is 0.573 e. The molecule has 0 aromatic heterocycles. The van der Waals surface area contributed by atoms with Gasteiger partial charge in [0.05, 0.1) is 4.90 Å². The summed E-state index contributed by atoms with van der Waals surface area (Å²) >= 11 is 0. The second kappa shape index (κ2) is 10.2. The molecule has 1 aliphatic rings.